The molecule has 2 aromatic heterocycles. The molecule has 0 atom stereocenters. The monoisotopic (exact) mass is 735 g/mol. The minimum Gasteiger partial charge on any atom is -0.493 e. The van der Waals surface area contributed by atoms with Gasteiger partial charge < -0.3 is 38.8 Å². The van der Waals surface area contributed by atoms with E-state index in [0.717, 1.165) is 35.7 Å². The van der Waals surface area contributed by atoms with E-state index in [9.17, 15) is 14.7 Å². The van der Waals surface area contributed by atoms with Crippen LogP contribution in [0.5, 0.6) is 5.75 Å². The van der Waals surface area contributed by atoms with Crippen LogP contribution in [0.2, 0.25) is 25.7 Å². The van der Waals surface area contributed by atoms with E-state index in [1.54, 1.807) is 4.90 Å². The Kier molecular flexibility index (Phi) is 11.1. The lowest BCUT2D eigenvalue weighted by atomic mass is 9.88. The number of rotatable bonds is 13. The first-order chi connectivity index (χ1) is 24.6. The maximum atomic E-state index is 14.3. The number of benzene rings is 1. The van der Waals surface area contributed by atoms with Crippen molar-refractivity contribution in [2.45, 2.75) is 129 Å². The van der Waals surface area contributed by atoms with Gasteiger partial charge in [0.05, 0.1) is 30.9 Å². The Morgan fingerprint density at radius 2 is 1.77 bits per heavy atom. The average molecular weight is 736 g/mol. The van der Waals surface area contributed by atoms with E-state index in [1.165, 1.54) is 6.33 Å². The zero-order chi connectivity index (χ0) is 37.4. The molecule has 0 bridgehead atoms. The van der Waals surface area contributed by atoms with Gasteiger partial charge in [-0.05, 0) is 103 Å². The van der Waals surface area contributed by atoms with Crippen molar-refractivity contribution in [1.82, 2.24) is 24.8 Å². The van der Waals surface area contributed by atoms with Gasteiger partial charge in [-0.15, -0.1) is 0 Å². The van der Waals surface area contributed by atoms with Gasteiger partial charge in [0.1, 0.15) is 30.0 Å². The minimum absolute atomic E-state index is 0.0854. The third kappa shape index (κ3) is 8.48. The van der Waals surface area contributed by atoms with Crippen molar-refractivity contribution < 1.29 is 33.6 Å². The van der Waals surface area contributed by atoms with Crippen LogP contribution < -0.4 is 10.1 Å². The lowest BCUT2D eigenvalue weighted by Crippen LogP contribution is -2.53. The number of nitrogens with zero attached hydrogens (tertiary/aromatic N) is 4. The number of nitrogens with one attached hydrogen (secondary N) is 1. The van der Waals surface area contributed by atoms with Crippen LogP contribution in [-0.4, -0.2) is 88.7 Å². The molecule has 3 aromatic rings. The summed E-state index contributed by atoms with van der Waals surface area (Å²) in [6, 6.07) is 6.83. The molecule has 2 aliphatic carbocycles. The summed E-state index contributed by atoms with van der Waals surface area (Å²) in [5.74, 6) is 0.151. The normalized spacial score (nSPS) is 20.6. The van der Waals surface area contributed by atoms with Crippen molar-refractivity contribution in [3.8, 4) is 17.0 Å². The predicted octanol–water partition coefficient (Wildman–Crippen LogP) is 7.55. The third-order valence-corrected chi connectivity index (χ3v) is 12.3. The smallest absolute Gasteiger partial charge is 0.407 e. The first-order valence-electron chi connectivity index (χ1n) is 18.9. The molecule has 3 aliphatic rings. The minimum atomic E-state index is -1.34. The summed E-state index contributed by atoms with van der Waals surface area (Å²) in [5.41, 5.74) is 4.26. The highest BCUT2D eigenvalue weighted by molar-refractivity contribution is 6.76. The topological polar surface area (TPSA) is 137 Å². The van der Waals surface area contributed by atoms with Crippen molar-refractivity contribution in [3.05, 3.63) is 41.3 Å². The molecule has 0 unspecified atom stereocenters. The Bertz CT molecular complexity index is 1760. The summed E-state index contributed by atoms with van der Waals surface area (Å²) in [6.45, 7) is 19.1. The lowest BCUT2D eigenvalue weighted by Gasteiger charge is -2.42. The molecule has 6 rings (SSSR count). The summed E-state index contributed by atoms with van der Waals surface area (Å²) in [7, 11) is -1.34. The quantitative estimate of drug-likeness (QED) is 0.135. The van der Waals surface area contributed by atoms with E-state index in [2.05, 4.69) is 25.0 Å². The number of hydrogen-bond donors (Lipinski definition) is 2. The van der Waals surface area contributed by atoms with Gasteiger partial charge in [-0.25, -0.2) is 14.8 Å². The highest BCUT2D eigenvalue weighted by Gasteiger charge is 2.37. The Balaban J connectivity index is 1.36. The molecule has 3 heterocycles. The molecule has 0 radical (unpaired) electrons. The van der Waals surface area contributed by atoms with E-state index in [-0.39, 0.29) is 24.7 Å². The second-order valence-electron chi connectivity index (χ2n) is 17.1. The molecular formula is C39H57N5O7Si. The molecule has 13 heteroatoms. The number of carbonyl (C=O) groups is 2. The summed E-state index contributed by atoms with van der Waals surface area (Å²) >= 11 is 0. The third-order valence-electron chi connectivity index (χ3n) is 10.6. The van der Waals surface area contributed by atoms with Gasteiger partial charge in [0, 0.05) is 49.1 Å². The van der Waals surface area contributed by atoms with Crippen LogP contribution in [0, 0.1) is 12.8 Å². The van der Waals surface area contributed by atoms with E-state index in [0.29, 0.717) is 86.1 Å². The van der Waals surface area contributed by atoms with Crippen LogP contribution in [0.25, 0.3) is 22.3 Å². The van der Waals surface area contributed by atoms with Gasteiger partial charge in [-0.2, -0.15) is 0 Å². The first-order valence-corrected chi connectivity index (χ1v) is 22.6. The molecule has 52 heavy (non-hydrogen) atoms. The molecule has 12 nitrogen and oxygen atoms in total. The van der Waals surface area contributed by atoms with E-state index >= 15 is 0 Å². The summed E-state index contributed by atoms with van der Waals surface area (Å²) in [4.78, 5) is 37.6. The number of hydrogen-bond acceptors (Lipinski definition) is 8. The van der Waals surface area contributed by atoms with Gasteiger partial charge in [0.25, 0.3) is 5.91 Å². The van der Waals surface area contributed by atoms with E-state index < -0.39 is 25.5 Å². The average Bonchev–Trinajstić information content (AvgIpc) is 3.72. The fraction of sp³-hybridized carbons (Fsp3) is 0.641. The molecule has 2 amide bonds. The molecular weight excluding hydrogens is 679 g/mol. The number of amides is 2. The highest BCUT2D eigenvalue weighted by atomic mass is 28.3. The molecule has 3 fully saturated rings. The van der Waals surface area contributed by atoms with Gasteiger partial charge in [-0.1, -0.05) is 19.6 Å². The van der Waals surface area contributed by atoms with Crippen molar-refractivity contribution in [3.63, 3.8) is 0 Å². The van der Waals surface area contributed by atoms with Crippen LogP contribution in [-0.2, 0) is 26.7 Å². The van der Waals surface area contributed by atoms with E-state index in [1.807, 2.05) is 57.4 Å². The Labute approximate surface area is 308 Å². The van der Waals surface area contributed by atoms with Crippen molar-refractivity contribution in [1.29, 1.82) is 0 Å². The molecule has 2 saturated carbocycles. The number of aromatic nitrogens is 3. The second kappa shape index (κ2) is 15.1. The SMILES string of the molecule is Cc1c(C(=O)NC2CCC(N(C(=O)O)C(C)(C)C)CC2)c2ncnc(-c3cc(C4(C)OCCO4)ccc3OCC3CC3)c2n1COCC[Si](C)(C)C. The van der Waals surface area contributed by atoms with Crippen LogP contribution in [0.15, 0.2) is 24.5 Å². The number of carboxylic acid groups (broad SMARTS) is 1. The van der Waals surface area contributed by atoms with Crippen LogP contribution in [0.4, 0.5) is 4.79 Å². The Morgan fingerprint density at radius 1 is 1.08 bits per heavy atom. The van der Waals surface area contributed by atoms with Crippen molar-refractivity contribution >= 4 is 31.1 Å². The zero-order valence-corrected chi connectivity index (χ0v) is 33.2. The summed E-state index contributed by atoms with van der Waals surface area (Å²) in [5, 5.41) is 13.2. The highest BCUT2D eigenvalue weighted by Crippen LogP contribution is 2.41. The standard InChI is InChI=1S/C39H57N5O7Si/c1-25-32(36(45)42-28-12-14-29(15-13-28)44(37(46)47)38(2,3)4)34-35(43(25)24-48-19-20-52(6,7)8)33(40-23-41-34)30-21-27(39(5)50-17-18-51-39)11-16-31(30)49-22-26-9-10-26/h11,16,21,23,26,28-29H,9-10,12-15,17-20,22,24H2,1-8H3,(H,42,45)(H,46,47). The first kappa shape index (κ1) is 38.2. The molecule has 2 N–H and O–H groups in total. The summed E-state index contributed by atoms with van der Waals surface area (Å²) < 4.78 is 26.9. The predicted molar refractivity (Wildman–Crippen MR) is 202 cm³/mol. The maximum absolute atomic E-state index is 14.3. The van der Waals surface area contributed by atoms with Crippen LogP contribution in [0.1, 0.15) is 87.8 Å². The molecule has 0 spiro atoms. The van der Waals surface area contributed by atoms with Gasteiger partial charge in [0.2, 0.25) is 0 Å². The number of carbonyl (C=O) groups excluding carboxylic acids is 1. The van der Waals surface area contributed by atoms with Crippen molar-refractivity contribution in [2.75, 3.05) is 26.4 Å². The van der Waals surface area contributed by atoms with Gasteiger partial charge in [0.15, 0.2) is 5.79 Å². The van der Waals surface area contributed by atoms with Crippen LogP contribution >= 0.6 is 0 Å². The zero-order valence-electron chi connectivity index (χ0n) is 32.2. The number of fused-ring (bicyclic) bond motifs is 1. The molecule has 1 aliphatic heterocycles. The van der Waals surface area contributed by atoms with E-state index in [4.69, 9.17) is 28.9 Å². The lowest BCUT2D eigenvalue weighted by molar-refractivity contribution is -0.149. The Hall–Kier alpha value is -3.52. The Morgan fingerprint density at radius 3 is 2.38 bits per heavy atom. The molecule has 1 saturated heterocycles. The number of ether oxygens (including phenoxy) is 4. The fourth-order valence-electron chi connectivity index (χ4n) is 7.48. The largest absolute Gasteiger partial charge is 0.493 e. The summed E-state index contributed by atoms with van der Waals surface area (Å²) in [6.07, 6.45) is 5.67. The molecule has 1 aromatic carbocycles. The van der Waals surface area contributed by atoms with Crippen molar-refractivity contribution in [2.24, 2.45) is 5.92 Å². The maximum Gasteiger partial charge on any atom is 0.407 e. The molecule has 284 valence electrons. The van der Waals surface area contributed by atoms with Crippen LogP contribution in [0.3, 0.4) is 0 Å². The fourth-order valence-corrected chi connectivity index (χ4v) is 8.24. The van der Waals surface area contributed by atoms with Gasteiger partial charge >= 0.3 is 6.09 Å². The second-order valence-corrected chi connectivity index (χ2v) is 22.7. The van der Waals surface area contributed by atoms with Gasteiger partial charge in [-0.3, -0.25) is 4.79 Å².